The van der Waals surface area contributed by atoms with Crippen LogP contribution in [0, 0.1) is 0 Å². The number of allylic oxidation sites excluding steroid dienone is 1. The molecule has 0 aliphatic rings. The minimum Gasteiger partial charge on any atom is -0.393 e. The van der Waals surface area contributed by atoms with Crippen LogP contribution in [0.15, 0.2) is 11.6 Å². The number of aliphatic hydroxyl groups is 1. The Labute approximate surface area is 67.5 Å². The summed E-state index contributed by atoms with van der Waals surface area (Å²) in [5.41, 5.74) is 1.35. The van der Waals surface area contributed by atoms with E-state index in [-0.39, 0.29) is 6.10 Å². The Morgan fingerprint density at radius 2 is 2.20 bits per heavy atom. The van der Waals surface area contributed by atoms with Gasteiger partial charge in [0.1, 0.15) is 0 Å². The molecule has 0 amide bonds. The molecule has 2 heteroatoms. The predicted molar refractivity (Wildman–Crippen MR) is 48.4 cm³/mol. The first-order chi connectivity index (χ1) is 4.63. The molecule has 1 N–H and O–H groups in total. The summed E-state index contributed by atoms with van der Waals surface area (Å²) in [6.07, 6.45) is 2.00. The van der Waals surface area contributed by atoms with E-state index >= 15 is 0 Å². The van der Waals surface area contributed by atoms with Crippen LogP contribution in [0.4, 0.5) is 0 Å². The molecule has 0 heterocycles. The molecule has 0 aliphatic carbocycles. The first kappa shape index (κ1) is 10.0. The van der Waals surface area contributed by atoms with Gasteiger partial charge in [-0.3, -0.25) is 0 Å². The molecule has 0 saturated heterocycles. The Hall–Kier alpha value is 0.0500. The average molecular weight is 160 g/mol. The Bertz CT molecular complexity index is 104. The number of hydrogen-bond acceptors (Lipinski definition) is 2. The highest BCUT2D eigenvalue weighted by Gasteiger charge is 1.92. The van der Waals surface area contributed by atoms with Crippen molar-refractivity contribution in [3.63, 3.8) is 0 Å². The summed E-state index contributed by atoms with van der Waals surface area (Å²) in [7, 11) is 0. The predicted octanol–water partition coefficient (Wildman–Crippen LogP) is 2.07. The van der Waals surface area contributed by atoms with Crippen LogP contribution in [0.25, 0.3) is 0 Å². The molecule has 0 rings (SSSR count). The lowest BCUT2D eigenvalue weighted by molar-refractivity contribution is 0.220. The summed E-state index contributed by atoms with van der Waals surface area (Å²) in [5, 5.41) is 8.88. The summed E-state index contributed by atoms with van der Waals surface area (Å²) >= 11 is 1.76. The molecule has 0 bridgehead atoms. The van der Waals surface area contributed by atoms with Gasteiger partial charge in [-0.1, -0.05) is 11.6 Å². The van der Waals surface area contributed by atoms with Crippen molar-refractivity contribution in [1.82, 2.24) is 0 Å². The van der Waals surface area contributed by atoms with Gasteiger partial charge in [0, 0.05) is 11.5 Å². The second-order valence-corrected chi connectivity index (χ2v) is 3.74. The molecule has 0 radical (unpaired) electrons. The first-order valence-corrected chi connectivity index (χ1v) is 4.67. The molecule has 1 atom stereocenters. The van der Waals surface area contributed by atoms with Crippen LogP contribution in [0.2, 0.25) is 0 Å². The van der Waals surface area contributed by atoms with Gasteiger partial charge in [-0.05, 0) is 20.8 Å². The Balaban J connectivity index is 3.13. The molecule has 0 aliphatic heterocycles. The van der Waals surface area contributed by atoms with E-state index in [0.717, 1.165) is 11.5 Å². The van der Waals surface area contributed by atoms with E-state index in [9.17, 15) is 0 Å². The molecule has 0 saturated carbocycles. The van der Waals surface area contributed by atoms with Crippen LogP contribution in [0.3, 0.4) is 0 Å². The zero-order valence-electron chi connectivity index (χ0n) is 6.92. The second kappa shape index (κ2) is 5.81. The van der Waals surface area contributed by atoms with E-state index in [1.54, 1.807) is 11.8 Å². The zero-order valence-corrected chi connectivity index (χ0v) is 7.74. The fraction of sp³-hybridized carbons (Fsp3) is 0.750. The summed E-state index contributed by atoms with van der Waals surface area (Å²) in [4.78, 5) is 0. The summed E-state index contributed by atoms with van der Waals surface area (Å²) in [6.45, 7) is 5.99. The van der Waals surface area contributed by atoms with Gasteiger partial charge in [0.15, 0.2) is 0 Å². The smallest absolute Gasteiger partial charge is 0.0602 e. The van der Waals surface area contributed by atoms with Crippen molar-refractivity contribution in [3.8, 4) is 0 Å². The van der Waals surface area contributed by atoms with E-state index in [0.29, 0.717) is 0 Å². The molecule has 60 valence electrons. The van der Waals surface area contributed by atoms with Gasteiger partial charge < -0.3 is 5.11 Å². The number of thioether (sulfide) groups is 1. The van der Waals surface area contributed by atoms with Crippen LogP contribution in [-0.2, 0) is 0 Å². The third-order valence-electron chi connectivity index (χ3n) is 0.968. The quantitative estimate of drug-likeness (QED) is 0.502. The fourth-order valence-electron chi connectivity index (χ4n) is 0.464. The molecule has 0 spiro atoms. The average Bonchev–Trinajstić information content (AvgIpc) is 1.79. The number of rotatable bonds is 4. The van der Waals surface area contributed by atoms with Crippen molar-refractivity contribution in [3.05, 3.63) is 11.6 Å². The number of hydrogen-bond donors (Lipinski definition) is 1. The Morgan fingerprint density at radius 1 is 1.60 bits per heavy atom. The highest BCUT2D eigenvalue weighted by Crippen LogP contribution is 2.04. The number of aliphatic hydroxyl groups excluding tert-OH is 1. The van der Waals surface area contributed by atoms with Crippen LogP contribution in [0.1, 0.15) is 20.8 Å². The van der Waals surface area contributed by atoms with Gasteiger partial charge in [-0.15, -0.1) is 0 Å². The largest absolute Gasteiger partial charge is 0.393 e. The normalized spacial score (nSPS) is 12.8. The van der Waals surface area contributed by atoms with E-state index < -0.39 is 0 Å². The fourth-order valence-corrected chi connectivity index (χ4v) is 1.39. The standard InChI is InChI=1S/C8H16OS/c1-7(2)4-5-10-6-8(3)9/h4,8-9H,5-6H2,1-3H3. The van der Waals surface area contributed by atoms with Crippen LogP contribution >= 0.6 is 11.8 Å². The molecule has 0 aromatic rings. The van der Waals surface area contributed by atoms with Crippen molar-refractivity contribution in [1.29, 1.82) is 0 Å². The minimum atomic E-state index is -0.171. The SMILES string of the molecule is CC(C)=CCSCC(C)O. The van der Waals surface area contributed by atoms with Gasteiger partial charge in [0.25, 0.3) is 0 Å². The molecular formula is C8H16OS. The van der Waals surface area contributed by atoms with Gasteiger partial charge in [0.2, 0.25) is 0 Å². The third kappa shape index (κ3) is 8.05. The van der Waals surface area contributed by atoms with E-state index in [4.69, 9.17) is 5.11 Å². The topological polar surface area (TPSA) is 20.2 Å². The summed E-state index contributed by atoms with van der Waals surface area (Å²) in [6, 6.07) is 0. The lowest BCUT2D eigenvalue weighted by Gasteiger charge is -2.00. The monoisotopic (exact) mass is 160 g/mol. The van der Waals surface area contributed by atoms with E-state index in [1.807, 2.05) is 6.92 Å². The van der Waals surface area contributed by atoms with Crippen molar-refractivity contribution >= 4 is 11.8 Å². The summed E-state index contributed by atoms with van der Waals surface area (Å²) < 4.78 is 0. The van der Waals surface area contributed by atoms with E-state index in [2.05, 4.69) is 19.9 Å². The van der Waals surface area contributed by atoms with Crippen molar-refractivity contribution in [2.24, 2.45) is 0 Å². The van der Waals surface area contributed by atoms with Crippen LogP contribution < -0.4 is 0 Å². The van der Waals surface area contributed by atoms with Crippen molar-refractivity contribution < 1.29 is 5.11 Å². The molecule has 10 heavy (non-hydrogen) atoms. The van der Waals surface area contributed by atoms with Gasteiger partial charge >= 0.3 is 0 Å². The third-order valence-corrected chi connectivity index (χ3v) is 2.09. The van der Waals surface area contributed by atoms with E-state index in [1.165, 1.54) is 5.57 Å². The second-order valence-electron chi connectivity index (χ2n) is 2.67. The molecule has 1 nitrogen and oxygen atoms in total. The van der Waals surface area contributed by atoms with Gasteiger partial charge in [-0.25, -0.2) is 0 Å². The summed E-state index contributed by atoms with van der Waals surface area (Å²) in [5.74, 6) is 1.86. The van der Waals surface area contributed by atoms with Crippen molar-refractivity contribution in [2.45, 2.75) is 26.9 Å². The molecule has 0 aromatic carbocycles. The van der Waals surface area contributed by atoms with Gasteiger partial charge in [0.05, 0.1) is 6.10 Å². The molecule has 0 aromatic heterocycles. The van der Waals surface area contributed by atoms with Crippen LogP contribution in [0.5, 0.6) is 0 Å². The maximum absolute atomic E-state index is 8.88. The molecular weight excluding hydrogens is 144 g/mol. The maximum Gasteiger partial charge on any atom is 0.0602 e. The lowest BCUT2D eigenvalue weighted by atomic mass is 10.3. The van der Waals surface area contributed by atoms with Gasteiger partial charge in [-0.2, -0.15) is 11.8 Å². The Morgan fingerprint density at radius 3 is 2.60 bits per heavy atom. The maximum atomic E-state index is 8.88. The highest BCUT2D eigenvalue weighted by molar-refractivity contribution is 7.99. The van der Waals surface area contributed by atoms with Crippen molar-refractivity contribution in [2.75, 3.05) is 11.5 Å². The lowest BCUT2D eigenvalue weighted by Crippen LogP contribution is -2.02. The Kier molecular flexibility index (Phi) is 5.84. The molecule has 1 unspecified atom stereocenters. The molecule has 0 fully saturated rings. The zero-order chi connectivity index (χ0) is 7.98. The first-order valence-electron chi connectivity index (χ1n) is 3.52. The van der Waals surface area contributed by atoms with Crippen LogP contribution in [-0.4, -0.2) is 22.7 Å². The highest BCUT2D eigenvalue weighted by atomic mass is 32.2. The minimum absolute atomic E-state index is 0.171.